The van der Waals surface area contributed by atoms with Crippen molar-refractivity contribution in [1.29, 1.82) is 0 Å². The van der Waals surface area contributed by atoms with Crippen molar-refractivity contribution in [3.8, 4) is 5.75 Å². The second-order valence-electron chi connectivity index (χ2n) is 3.28. The Hall–Kier alpha value is -2.11. The normalized spacial score (nSPS) is 10.6. The SMILES string of the molecule is COc1cccn2c(CCC(=O)O)nnc12. The van der Waals surface area contributed by atoms with Crippen LogP contribution < -0.4 is 4.74 Å². The third-order valence-corrected chi connectivity index (χ3v) is 2.25. The van der Waals surface area contributed by atoms with Crippen molar-refractivity contribution in [2.24, 2.45) is 0 Å². The van der Waals surface area contributed by atoms with Gasteiger partial charge >= 0.3 is 5.97 Å². The van der Waals surface area contributed by atoms with Crippen molar-refractivity contribution in [2.75, 3.05) is 7.11 Å². The summed E-state index contributed by atoms with van der Waals surface area (Å²) in [6, 6.07) is 3.59. The number of fused-ring (bicyclic) bond motifs is 1. The van der Waals surface area contributed by atoms with E-state index in [1.807, 2.05) is 0 Å². The van der Waals surface area contributed by atoms with Crippen LogP contribution in [0.15, 0.2) is 18.3 Å². The van der Waals surface area contributed by atoms with Crippen molar-refractivity contribution in [3.63, 3.8) is 0 Å². The molecule has 0 saturated carbocycles. The van der Waals surface area contributed by atoms with Crippen molar-refractivity contribution in [2.45, 2.75) is 12.8 Å². The van der Waals surface area contributed by atoms with Crippen LogP contribution in [0.5, 0.6) is 5.75 Å². The summed E-state index contributed by atoms with van der Waals surface area (Å²) in [5.74, 6) is 0.396. The van der Waals surface area contributed by atoms with Crippen molar-refractivity contribution in [3.05, 3.63) is 24.2 Å². The number of aliphatic carboxylic acids is 1. The van der Waals surface area contributed by atoms with Crippen LogP contribution in [0.4, 0.5) is 0 Å². The summed E-state index contributed by atoms with van der Waals surface area (Å²) in [7, 11) is 1.56. The average Bonchev–Trinajstić information content (AvgIpc) is 2.69. The number of aryl methyl sites for hydroxylation is 1. The Bertz CT molecular complexity index is 521. The minimum absolute atomic E-state index is 0.0397. The van der Waals surface area contributed by atoms with Gasteiger partial charge < -0.3 is 9.84 Å². The number of carboxylic acids is 1. The summed E-state index contributed by atoms with van der Waals surface area (Å²) in [4.78, 5) is 10.5. The van der Waals surface area contributed by atoms with E-state index in [9.17, 15) is 4.79 Å². The van der Waals surface area contributed by atoms with Gasteiger partial charge in [0.25, 0.3) is 0 Å². The molecule has 0 aromatic carbocycles. The van der Waals surface area contributed by atoms with E-state index in [-0.39, 0.29) is 6.42 Å². The van der Waals surface area contributed by atoms with Crippen LogP contribution in [0, 0.1) is 0 Å². The number of hydrogen-bond acceptors (Lipinski definition) is 4. The third kappa shape index (κ3) is 1.81. The summed E-state index contributed by atoms with van der Waals surface area (Å²) in [6.07, 6.45) is 2.18. The summed E-state index contributed by atoms with van der Waals surface area (Å²) in [5, 5.41) is 16.5. The minimum atomic E-state index is -0.848. The maximum absolute atomic E-state index is 10.5. The lowest BCUT2D eigenvalue weighted by Gasteiger charge is -2.01. The molecular formula is C10H11N3O3. The number of aromatic nitrogens is 3. The van der Waals surface area contributed by atoms with Crippen molar-refractivity contribution < 1.29 is 14.6 Å². The van der Waals surface area contributed by atoms with Crippen LogP contribution in [0.3, 0.4) is 0 Å². The largest absolute Gasteiger partial charge is 0.493 e. The molecule has 6 nitrogen and oxygen atoms in total. The van der Waals surface area contributed by atoms with Gasteiger partial charge in [0, 0.05) is 12.6 Å². The summed E-state index contributed by atoms with van der Waals surface area (Å²) >= 11 is 0. The Morgan fingerprint density at radius 2 is 2.38 bits per heavy atom. The second-order valence-corrected chi connectivity index (χ2v) is 3.28. The van der Waals surface area contributed by atoms with Crippen LogP contribution in [-0.2, 0) is 11.2 Å². The van der Waals surface area contributed by atoms with Crippen LogP contribution in [-0.4, -0.2) is 32.8 Å². The lowest BCUT2D eigenvalue weighted by molar-refractivity contribution is -0.137. The fraction of sp³-hybridized carbons (Fsp3) is 0.300. The number of carbonyl (C=O) groups is 1. The van der Waals surface area contributed by atoms with E-state index in [0.29, 0.717) is 23.6 Å². The number of pyridine rings is 1. The van der Waals surface area contributed by atoms with E-state index >= 15 is 0 Å². The Morgan fingerprint density at radius 3 is 3.06 bits per heavy atom. The molecule has 0 aliphatic heterocycles. The molecule has 2 rings (SSSR count). The standard InChI is InChI=1S/C10H11N3O3/c1-16-7-3-2-6-13-8(4-5-9(14)15)11-12-10(7)13/h2-3,6H,4-5H2,1H3,(H,14,15). The number of ether oxygens (including phenoxy) is 1. The Labute approximate surface area is 91.5 Å². The lowest BCUT2D eigenvalue weighted by Crippen LogP contribution is -2.01. The monoisotopic (exact) mass is 221 g/mol. The van der Waals surface area contributed by atoms with Gasteiger partial charge in [-0.2, -0.15) is 0 Å². The van der Waals surface area contributed by atoms with Gasteiger partial charge in [0.2, 0.25) is 5.65 Å². The maximum atomic E-state index is 10.5. The molecule has 0 aliphatic carbocycles. The number of rotatable bonds is 4. The predicted molar refractivity (Wildman–Crippen MR) is 55.5 cm³/mol. The molecule has 0 spiro atoms. The maximum Gasteiger partial charge on any atom is 0.303 e. The lowest BCUT2D eigenvalue weighted by atomic mass is 10.3. The molecule has 1 N–H and O–H groups in total. The number of hydrogen-bond donors (Lipinski definition) is 1. The molecule has 0 bridgehead atoms. The molecule has 0 radical (unpaired) electrons. The van der Waals surface area contributed by atoms with Gasteiger partial charge in [0.05, 0.1) is 13.5 Å². The fourth-order valence-electron chi connectivity index (χ4n) is 1.49. The first kappa shape index (κ1) is 10.4. The molecule has 6 heteroatoms. The molecule has 0 fully saturated rings. The van der Waals surface area contributed by atoms with Gasteiger partial charge in [0.1, 0.15) is 5.82 Å². The summed E-state index contributed by atoms with van der Waals surface area (Å²) in [6.45, 7) is 0. The van der Waals surface area contributed by atoms with E-state index in [2.05, 4.69) is 10.2 Å². The zero-order valence-electron chi connectivity index (χ0n) is 8.75. The highest BCUT2D eigenvalue weighted by Crippen LogP contribution is 2.17. The van der Waals surface area contributed by atoms with Crippen molar-refractivity contribution in [1.82, 2.24) is 14.6 Å². The highest BCUT2D eigenvalue weighted by molar-refractivity contribution is 5.67. The van der Waals surface area contributed by atoms with E-state index in [4.69, 9.17) is 9.84 Å². The molecule has 2 heterocycles. The number of nitrogens with zero attached hydrogens (tertiary/aromatic N) is 3. The zero-order valence-corrected chi connectivity index (χ0v) is 8.75. The molecule has 2 aromatic rings. The highest BCUT2D eigenvalue weighted by Gasteiger charge is 2.10. The quantitative estimate of drug-likeness (QED) is 0.824. The Morgan fingerprint density at radius 1 is 1.56 bits per heavy atom. The molecule has 16 heavy (non-hydrogen) atoms. The molecular weight excluding hydrogens is 210 g/mol. The molecule has 0 atom stereocenters. The van der Waals surface area contributed by atoms with Crippen LogP contribution >= 0.6 is 0 Å². The second kappa shape index (κ2) is 4.18. The van der Waals surface area contributed by atoms with Crippen LogP contribution in [0.1, 0.15) is 12.2 Å². The molecule has 84 valence electrons. The fourth-order valence-corrected chi connectivity index (χ4v) is 1.49. The van der Waals surface area contributed by atoms with Crippen LogP contribution in [0.25, 0.3) is 5.65 Å². The van der Waals surface area contributed by atoms with Crippen molar-refractivity contribution >= 4 is 11.6 Å². The predicted octanol–water partition coefficient (Wildman–Crippen LogP) is 0.755. The van der Waals surface area contributed by atoms with E-state index in [1.165, 1.54) is 0 Å². The topological polar surface area (TPSA) is 76.7 Å². The van der Waals surface area contributed by atoms with E-state index in [1.54, 1.807) is 29.8 Å². The van der Waals surface area contributed by atoms with E-state index in [0.717, 1.165) is 0 Å². The van der Waals surface area contributed by atoms with Gasteiger partial charge in [-0.3, -0.25) is 9.20 Å². The highest BCUT2D eigenvalue weighted by atomic mass is 16.5. The Kier molecular flexibility index (Phi) is 2.72. The first-order chi connectivity index (χ1) is 7.72. The van der Waals surface area contributed by atoms with Crippen LogP contribution in [0.2, 0.25) is 0 Å². The van der Waals surface area contributed by atoms with E-state index < -0.39 is 5.97 Å². The smallest absolute Gasteiger partial charge is 0.303 e. The summed E-state index contributed by atoms with van der Waals surface area (Å²) in [5.41, 5.74) is 0.602. The number of methoxy groups -OCH3 is 1. The first-order valence-corrected chi connectivity index (χ1v) is 4.81. The van der Waals surface area contributed by atoms with Gasteiger partial charge in [-0.25, -0.2) is 0 Å². The molecule has 2 aromatic heterocycles. The minimum Gasteiger partial charge on any atom is -0.493 e. The summed E-state index contributed by atoms with van der Waals surface area (Å²) < 4.78 is 6.86. The van der Waals surface area contributed by atoms with Gasteiger partial charge in [-0.1, -0.05) is 0 Å². The van der Waals surface area contributed by atoms with Gasteiger partial charge in [-0.05, 0) is 12.1 Å². The van der Waals surface area contributed by atoms with Gasteiger partial charge in [-0.15, -0.1) is 10.2 Å². The molecule has 0 aliphatic rings. The number of carboxylic acid groups (broad SMARTS) is 1. The zero-order chi connectivity index (χ0) is 11.5. The van der Waals surface area contributed by atoms with Gasteiger partial charge in [0.15, 0.2) is 5.75 Å². The first-order valence-electron chi connectivity index (χ1n) is 4.81. The average molecular weight is 221 g/mol. The molecule has 0 amide bonds. The Balaban J connectivity index is 2.37. The molecule has 0 unspecified atom stereocenters. The molecule has 0 saturated heterocycles. The third-order valence-electron chi connectivity index (χ3n) is 2.25.